The molecule has 4 rings (SSSR count). The molecule has 8 nitrogen and oxygen atoms in total. The number of tetrazole rings is 2. The van der Waals surface area contributed by atoms with E-state index in [0.717, 1.165) is 11.1 Å². The first-order valence-electron chi connectivity index (χ1n) is 9.13. The van der Waals surface area contributed by atoms with Crippen LogP contribution >= 0.6 is 46.4 Å². The molecular weight excluding hydrogens is 628 g/mol. The van der Waals surface area contributed by atoms with Gasteiger partial charge in [0.15, 0.2) is 0 Å². The summed E-state index contributed by atoms with van der Waals surface area (Å²) in [6.45, 7) is 1.23. The van der Waals surface area contributed by atoms with Crippen LogP contribution in [0, 0.1) is 0 Å². The van der Waals surface area contributed by atoms with Crippen molar-refractivity contribution >= 4 is 72.7 Å². The first-order chi connectivity index (χ1) is 15.5. The van der Waals surface area contributed by atoms with Gasteiger partial charge >= 0.3 is 216 Å². The van der Waals surface area contributed by atoms with Crippen LogP contribution in [-0.4, -0.2) is 66.7 Å². The van der Waals surface area contributed by atoms with Gasteiger partial charge in [-0.05, 0) is 0 Å². The van der Waals surface area contributed by atoms with Crippen molar-refractivity contribution in [1.29, 1.82) is 0 Å². The van der Waals surface area contributed by atoms with E-state index in [1.165, 1.54) is 0 Å². The third-order valence-electron chi connectivity index (χ3n) is 4.40. The molecule has 2 aromatic carbocycles. The van der Waals surface area contributed by atoms with Crippen LogP contribution in [0.25, 0.3) is 0 Å². The van der Waals surface area contributed by atoms with Gasteiger partial charge in [0.25, 0.3) is 0 Å². The molecule has 0 spiro atoms. The molecule has 14 heteroatoms. The van der Waals surface area contributed by atoms with Gasteiger partial charge in [0.05, 0.1) is 0 Å². The quantitative estimate of drug-likeness (QED) is 0.259. The summed E-state index contributed by atoms with van der Waals surface area (Å²) in [6.07, 6.45) is 3.21. The molecular formula is C18H14Cl4N8Se2. The molecule has 2 aromatic heterocycles. The molecule has 0 saturated carbocycles. The maximum atomic E-state index is 6.56. The summed E-state index contributed by atoms with van der Waals surface area (Å²) in [5.74, 6) is 0. The van der Waals surface area contributed by atoms with E-state index in [1.54, 1.807) is 34.2 Å². The summed E-state index contributed by atoms with van der Waals surface area (Å²) in [5, 5.41) is 25.6. The van der Waals surface area contributed by atoms with Crippen LogP contribution in [-0.2, 0) is 13.1 Å². The average Bonchev–Trinajstić information content (AvgIpc) is 3.45. The molecule has 32 heavy (non-hydrogen) atoms. The zero-order chi connectivity index (χ0) is 22.5. The predicted molar refractivity (Wildman–Crippen MR) is 126 cm³/mol. The maximum absolute atomic E-state index is 6.56. The molecule has 0 N–H and O–H groups in total. The Bertz CT molecular complexity index is 1070. The summed E-state index contributed by atoms with van der Waals surface area (Å²) in [4.78, 5) is 0.274. The standard InChI is InChI=1S/C18H14Cl4N8Se2/c19-11-1-3-13(15(21)5-11)17(7-29-9-23-25-27-29)31-32-18(8-30-10-24-26-28-30)14-4-2-12(20)6-16(14)22/h1-6,9-10,17-18H,7-8H2. The Balaban J connectivity index is 1.61. The Kier molecular flexibility index (Phi) is 8.43. The Hall–Kier alpha value is -1.22. The van der Waals surface area contributed by atoms with Crippen molar-refractivity contribution in [2.75, 3.05) is 0 Å². The van der Waals surface area contributed by atoms with E-state index >= 15 is 0 Å². The summed E-state index contributed by atoms with van der Waals surface area (Å²) in [6, 6.07) is 11.2. The number of benzene rings is 2. The fourth-order valence-electron chi connectivity index (χ4n) is 2.89. The molecule has 4 aromatic rings. The van der Waals surface area contributed by atoms with Crippen molar-refractivity contribution in [3.63, 3.8) is 0 Å². The van der Waals surface area contributed by atoms with Crippen LogP contribution in [0.3, 0.4) is 0 Å². The SMILES string of the molecule is Clc1ccc(C(Cn2cnnn2)[Se][Se]C(Cn2cnnn2)c2ccc(Cl)cc2Cl)c(Cl)c1. The van der Waals surface area contributed by atoms with Crippen LogP contribution < -0.4 is 0 Å². The van der Waals surface area contributed by atoms with Crippen molar-refractivity contribution in [2.45, 2.75) is 22.7 Å². The first-order valence-corrected chi connectivity index (χ1v) is 17.0. The van der Waals surface area contributed by atoms with Crippen LogP contribution in [0.4, 0.5) is 0 Å². The molecule has 0 aliphatic heterocycles. The Morgan fingerprint density at radius 3 is 1.47 bits per heavy atom. The minimum atomic E-state index is 0.137. The zero-order valence-electron chi connectivity index (χ0n) is 16.1. The number of hydrogen-bond donors (Lipinski definition) is 0. The van der Waals surface area contributed by atoms with E-state index in [1.807, 2.05) is 24.3 Å². The van der Waals surface area contributed by atoms with E-state index in [0.29, 0.717) is 33.2 Å². The fourth-order valence-corrected chi connectivity index (χ4v) is 13.5. The van der Waals surface area contributed by atoms with Gasteiger partial charge in [0, 0.05) is 0 Å². The molecule has 0 saturated heterocycles. The van der Waals surface area contributed by atoms with Gasteiger partial charge in [-0.2, -0.15) is 0 Å². The van der Waals surface area contributed by atoms with Gasteiger partial charge < -0.3 is 0 Å². The molecule has 0 bridgehead atoms. The Morgan fingerprint density at radius 2 is 1.12 bits per heavy atom. The molecule has 0 radical (unpaired) electrons. The molecule has 2 unspecified atom stereocenters. The van der Waals surface area contributed by atoms with Gasteiger partial charge in [-0.3, -0.25) is 0 Å². The van der Waals surface area contributed by atoms with Crippen LogP contribution in [0.15, 0.2) is 49.1 Å². The summed E-state index contributed by atoms with van der Waals surface area (Å²) < 4.78 is 3.44. The van der Waals surface area contributed by atoms with Gasteiger partial charge in [-0.1, -0.05) is 0 Å². The van der Waals surface area contributed by atoms with Crippen molar-refractivity contribution in [3.05, 3.63) is 80.3 Å². The monoisotopic (exact) mass is 642 g/mol. The Morgan fingerprint density at radius 1 is 0.688 bits per heavy atom. The summed E-state index contributed by atoms with van der Waals surface area (Å²) in [7, 11) is 0. The van der Waals surface area contributed by atoms with Crippen molar-refractivity contribution in [2.24, 2.45) is 0 Å². The number of hydrogen-bond acceptors (Lipinski definition) is 6. The van der Waals surface area contributed by atoms with Crippen molar-refractivity contribution in [3.8, 4) is 0 Å². The van der Waals surface area contributed by atoms with Crippen LogP contribution in [0.2, 0.25) is 20.1 Å². The number of aromatic nitrogens is 8. The van der Waals surface area contributed by atoms with Crippen LogP contribution in [0.5, 0.6) is 0 Å². The van der Waals surface area contributed by atoms with E-state index < -0.39 is 0 Å². The number of rotatable bonds is 9. The minimum absolute atomic E-state index is 0.137. The second-order valence-electron chi connectivity index (χ2n) is 6.57. The number of nitrogens with zero attached hydrogens (tertiary/aromatic N) is 8. The van der Waals surface area contributed by atoms with Gasteiger partial charge in [-0.15, -0.1) is 0 Å². The normalized spacial score (nSPS) is 13.2. The van der Waals surface area contributed by atoms with Crippen molar-refractivity contribution in [1.82, 2.24) is 40.4 Å². The van der Waals surface area contributed by atoms with E-state index in [4.69, 9.17) is 46.4 Å². The van der Waals surface area contributed by atoms with Crippen molar-refractivity contribution < 1.29 is 0 Å². The van der Waals surface area contributed by atoms with E-state index in [9.17, 15) is 0 Å². The fraction of sp³-hybridized carbons (Fsp3) is 0.222. The van der Waals surface area contributed by atoms with E-state index in [-0.39, 0.29) is 35.9 Å². The molecule has 0 amide bonds. The molecule has 0 aliphatic rings. The average molecular weight is 642 g/mol. The topological polar surface area (TPSA) is 87.2 Å². The third-order valence-corrected chi connectivity index (χ3v) is 14.7. The third kappa shape index (κ3) is 6.21. The zero-order valence-corrected chi connectivity index (χ0v) is 22.5. The summed E-state index contributed by atoms with van der Waals surface area (Å²) >= 11 is 25.7. The van der Waals surface area contributed by atoms with Gasteiger partial charge in [-0.25, -0.2) is 0 Å². The second kappa shape index (κ2) is 11.3. The summed E-state index contributed by atoms with van der Waals surface area (Å²) in [5.41, 5.74) is 2.05. The number of halogens is 4. The molecule has 2 heterocycles. The predicted octanol–water partition coefficient (Wildman–Crippen LogP) is 3.78. The Labute approximate surface area is 214 Å². The first kappa shape index (κ1) is 23.9. The molecule has 2 atom stereocenters. The van der Waals surface area contributed by atoms with Crippen LogP contribution in [0.1, 0.15) is 20.8 Å². The van der Waals surface area contributed by atoms with E-state index in [2.05, 4.69) is 31.1 Å². The van der Waals surface area contributed by atoms with Gasteiger partial charge in [0.2, 0.25) is 0 Å². The molecule has 0 aliphatic carbocycles. The molecule has 166 valence electrons. The second-order valence-corrected chi connectivity index (χ2v) is 15.6. The van der Waals surface area contributed by atoms with Gasteiger partial charge in [0.1, 0.15) is 0 Å². The molecule has 0 fully saturated rings.